The van der Waals surface area contributed by atoms with Crippen molar-refractivity contribution in [2.45, 2.75) is 12.8 Å². The minimum atomic E-state index is 0.740. The number of hydrogen-bond acceptors (Lipinski definition) is 2. The molecule has 1 aromatic heterocycles. The average molecular weight is 282 g/mol. The van der Waals surface area contributed by atoms with Crippen LogP contribution in [0.3, 0.4) is 0 Å². The Kier molecular flexibility index (Phi) is 2.96. The molecule has 3 rings (SSSR count). The first-order chi connectivity index (χ1) is 8.66. The lowest BCUT2D eigenvalue weighted by Gasteiger charge is -2.27. The van der Waals surface area contributed by atoms with Gasteiger partial charge in [-0.2, -0.15) is 5.10 Å². The highest BCUT2D eigenvalue weighted by Crippen LogP contribution is 2.36. The van der Waals surface area contributed by atoms with Crippen LogP contribution >= 0.6 is 23.2 Å². The van der Waals surface area contributed by atoms with Gasteiger partial charge in [0.1, 0.15) is 5.15 Å². The van der Waals surface area contributed by atoms with E-state index in [0.717, 1.165) is 46.6 Å². The molecule has 1 aliphatic heterocycles. The van der Waals surface area contributed by atoms with Crippen molar-refractivity contribution >= 4 is 34.7 Å². The number of hydrogen-bond donors (Lipinski definition) is 0. The third-order valence-electron chi connectivity index (χ3n) is 3.25. The standard InChI is InChI=1S/C13H13Cl2N3/c1-17-12(15)11-3-2-8-18(13(11)16-17)10-6-4-9(14)5-7-10/h4-7H,2-3,8H2,1H3. The third kappa shape index (κ3) is 1.88. The minimum absolute atomic E-state index is 0.740. The topological polar surface area (TPSA) is 21.1 Å². The molecule has 0 fully saturated rings. The molecular weight excluding hydrogens is 269 g/mol. The monoisotopic (exact) mass is 281 g/mol. The van der Waals surface area contributed by atoms with Crippen molar-refractivity contribution in [3.63, 3.8) is 0 Å². The Balaban J connectivity index is 2.06. The second kappa shape index (κ2) is 4.48. The van der Waals surface area contributed by atoms with Gasteiger partial charge in [0.15, 0.2) is 5.82 Å². The molecular formula is C13H13Cl2N3. The Morgan fingerprint density at radius 1 is 1.17 bits per heavy atom. The van der Waals surface area contributed by atoms with E-state index in [1.165, 1.54) is 0 Å². The average Bonchev–Trinajstić information content (AvgIpc) is 2.67. The molecule has 0 spiro atoms. The van der Waals surface area contributed by atoms with Crippen LogP contribution in [-0.4, -0.2) is 16.3 Å². The van der Waals surface area contributed by atoms with Gasteiger partial charge >= 0.3 is 0 Å². The molecule has 1 aliphatic rings. The largest absolute Gasteiger partial charge is 0.325 e. The number of rotatable bonds is 1. The Morgan fingerprint density at radius 2 is 1.89 bits per heavy atom. The predicted octanol–water partition coefficient (Wildman–Crippen LogP) is 3.81. The van der Waals surface area contributed by atoms with Gasteiger partial charge in [0.25, 0.3) is 0 Å². The van der Waals surface area contributed by atoms with Gasteiger partial charge in [0.05, 0.1) is 0 Å². The minimum Gasteiger partial charge on any atom is -0.325 e. The number of halogens is 2. The summed E-state index contributed by atoms with van der Waals surface area (Å²) in [7, 11) is 1.88. The number of anilines is 2. The van der Waals surface area contributed by atoms with Crippen molar-refractivity contribution in [2.24, 2.45) is 7.05 Å². The van der Waals surface area contributed by atoms with Gasteiger partial charge in [-0.25, -0.2) is 0 Å². The summed E-state index contributed by atoms with van der Waals surface area (Å²) < 4.78 is 1.74. The van der Waals surface area contributed by atoms with E-state index in [1.54, 1.807) is 4.68 Å². The lowest BCUT2D eigenvalue weighted by Crippen LogP contribution is -2.24. The zero-order valence-corrected chi connectivity index (χ0v) is 11.5. The van der Waals surface area contributed by atoms with Crippen molar-refractivity contribution in [1.82, 2.24) is 9.78 Å². The SMILES string of the molecule is Cn1nc2c(c1Cl)CCCN2c1ccc(Cl)cc1. The van der Waals surface area contributed by atoms with Crippen LogP contribution in [0.2, 0.25) is 10.2 Å². The molecule has 0 N–H and O–H groups in total. The number of fused-ring (bicyclic) bond motifs is 1. The molecule has 0 saturated heterocycles. The molecule has 94 valence electrons. The maximum absolute atomic E-state index is 6.26. The zero-order valence-electron chi connectivity index (χ0n) is 10.0. The molecule has 0 unspecified atom stereocenters. The highest BCUT2D eigenvalue weighted by atomic mass is 35.5. The van der Waals surface area contributed by atoms with Crippen LogP contribution in [0.4, 0.5) is 11.5 Å². The van der Waals surface area contributed by atoms with E-state index in [2.05, 4.69) is 10.00 Å². The summed E-state index contributed by atoms with van der Waals surface area (Å²) in [6.07, 6.45) is 2.08. The smallest absolute Gasteiger partial charge is 0.159 e. The quantitative estimate of drug-likeness (QED) is 0.793. The normalized spacial score (nSPS) is 14.7. The van der Waals surface area contributed by atoms with Gasteiger partial charge in [0.2, 0.25) is 0 Å². The first kappa shape index (κ1) is 11.9. The maximum atomic E-state index is 6.26. The van der Waals surface area contributed by atoms with Crippen LogP contribution in [0.25, 0.3) is 0 Å². The van der Waals surface area contributed by atoms with Crippen LogP contribution < -0.4 is 4.90 Å². The van der Waals surface area contributed by atoms with Crippen LogP contribution in [0, 0.1) is 0 Å². The molecule has 0 amide bonds. The van der Waals surface area contributed by atoms with Crippen LogP contribution in [0.1, 0.15) is 12.0 Å². The number of nitrogens with zero attached hydrogens (tertiary/aromatic N) is 3. The fourth-order valence-corrected chi connectivity index (χ4v) is 2.70. The summed E-state index contributed by atoms with van der Waals surface area (Å²) in [5, 5.41) is 5.99. The van der Waals surface area contributed by atoms with E-state index < -0.39 is 0 Å². The molecule has 18 heavy (non-hydrogen) atoms. The van der Waals surface area contributed by atoms with E-state index in [1.807, 2.05) is 31.3 Å². The van der Waals surface area contributed by atoms with Crippen molar-refractivity contribution in [3.05, 3.63) is 40.0 Å². The Bertz CT molecular complexity index is 575. The van der Waals surface area contributed by atoms with Crippen molar-refractivity contribution in [1.29, 1.82) is 0 Å². The van der Waals surface area contributed by atoms with Crippen molar-refractivity contribution in [2.75, 3.05) is 11.4 Å². The predicted molar refractivity (Wildman–Crippen MR) is 75.0 cm³/mol. The lowest BCUT2D eigenvalue weighted by molar-refractivity contribution is 0.742. The zero-order chi connectivity index (χ0) is 12.7. The highest BCUT2D eigenvalue weighted by Gasteiger charge is 2.24. The van der Waals surface area contributed by atoms with Gasteiger partial charge < -0.3 is 4.90 Å². The van der Waals surface area contributed by atoms with E-state index >= 15 is 0 Å². The Morgan fingerprint density at radius 3 is 2.61 bits per heavy atom. The van der Waals surface area contributed by atoms with Crippen LogP contribution in [0.5, 0.6) is 0 Å². The second-order valence-corrected chi connectivity index (χ2v) is 5.24. The summed E-state index contributed by atoms with van der Waals surface area (Å²) in [6, 6.07) is 7.82. The third-order valence-corrected chi connectivity index (χ3v) is 3.97. The van der Waals surface area contributed by atoms with Gasteiger partial charge in [0, 0.05) is 29.9 Å². The molecule has 0 saturated carbocycles. The Labute approximate surface area is 116 Å². The van der Waals surface area contributed by atoms with Gasteiger partial charge in [-0.1, -0.05) is 23.2 Å². The molecule has 5 heteroatoms. The summed E-state index contributed by atoms with van der Waals surface area (Å²) in [5.74, 6) is 0.969. The molecule has 0 aliphatic carbocycles. The van der Waals surface area contributed by atoms with Gasteiger partial charge in [-0.15, -0.1) is 0 Å². The molecule has 1 aromatic carbocycles. The van der Waals surface area contributed by atoms with Crippen molar-refractivity contribution in [3.8, 4) is 0 Å². The summed E-state index contributed by atoms with van der Waals surface area (Å²) in [4.78, 5) is 2.20. The van der Waals surface area contributed by atoms with Crippen LogP contribution in [-0.2, 0) is 13.5 Å². The van der Waals surface area contributed by atoms with Gasteiger partial charge in [-0.3, -0.25) is 4.68 Å². The fraction of sp³-hybridized carbons (Fsp3) is 0.308. The molecule has 3 nitrogen and oxygen atoms in total. The number of aryl methyl sites for hydroxylation is 1. The van der Waals surface area contributed by atoms with E-state index in [0.29, 0.717) is 0 Å². The summed E-state index contributed by atoms with van der Waals surface area (Å²) in [5.41, 5.74) is 2.25. The van der Waals surface area contributed by atoms with Gasteiger partial charge in [-0.05, 0) is 37.1 Å². The van der Waals surface area contributed by atoms with Crippen molar-refractivity contribution < 1.29 is 0 Å². The number of benzene rings is 1. The lowest BCUT2D eigenvalue weighted by atomic mass is 10.1. The summed E-state index contributed by atoms with van der Waals surface area (Å²) in [6.45, 7) is 0.960. The fourth-order valence-electron chi connectivity index (χ4n) is 2.36. The number of aromatic nitrogens is 2. The van der Waals surface area contributed by atoms with E-state index in [4.69, 9.17) is 23.2 Å². The molecule has 2 heterocycles. The molecule has 0 bridgehead atoms. The van der Waals surface area contributed by atoms with E-state index in [9.17, 15) is 0 Å². The maximum Gasteiger partial charge on any atom is 0.159 e. The highest BCUT2D eigenvalue weighted by molar-refractivity contribution is 6.31. The molecule has 2 aromatic rings. The van der Waals surface area contributed by atoms with Crippen LogP contribution in [0.15, 0.2) is 24.3 Å². The van der Waals surface area contributed by atoms with E-state index in [-0.39, 0.29) is 0 Å². The first-order valence-corrected chi connectivity index (χ1v) is 6.67. The second-order valence-electron chi connectivity index (χ2n) is 4.45. The molecule has 0 radical (unpaired) electrons. The summed E-state index contributed by atoms with van der Waals surface area (Å²) >= 11 is 12.2. The first-order valence-electron chi connectivity index (χ1n) is 5.91. The Hall–Kier alpha value is -1.19. The molecule has 0 atom stereocenters.